The summed E-state index contributed by atoms with van der Waals surface area (Å²) in [5.74, 6) is -1.86. The molecule has 9 heteroatoms. The Morgan fingerprint density at radius 1 is 1.19 bits per heavy atom. The number of halogens is 3. The number of ether oxygens (including phenoxy) is 1. The van der Waals surface area contributed by atoms with Gasteiger partial charge in [0.2, 0.25) is 0 Å². The zero-order chi connectivity index (χ0) is 22.1. The molecular weight excluding hydrogens is 490 g/mol. The Hall–Kier alpha value is -2.26. The predicted octanol–water partition coefficient (Wildman–Crippen LogP) is 5.21. The van der Waals surface area contributed by atoms with Crippen molar-refractivity contribution in [3.8, 4) is 0 Å². The first-order valence-corrected chi connectivity index (χ1v) is 11.7. The molecule has 1 amide bonds. The molecule has 2 aromatic heterocycles. The third kappa shape index (κ3) is 4.52. The minimum absolute atomic E-state index is 0.110. The van der Waals surface area contributed by atoms with Crippen LogP contribution < -0.4 is 0 Å². The van der Waals surface area contributed by atoms with E-state index < -0.39 is 11.6 Å². The van der Waals surface area contributed by atoms with E-state index >= 15 is 0 Å². The Labute approximate surface area is 190 Å². The van der Waals surface area contributed by atoms with Crippen LogP contribution in [-0.2, 0) is 16.1 Å². The van der Waals surface area contributed by atoms with Crippen LogP contribution in [-0.4, -0.2) is 41.0 Å². The predicted molar refractivity (Wildman–Crippen MR) is 118 cm³/mol. The number of hydrogen-bond donors (Lipinski definition) is 0. The Morgan fingerprint density at radius 2 is 1.94 bits per heavy atom. The lowest BCUT2D eigenvalue weighted by atomic mass is 9.97. The van der Waals surface area contributed by atoms with Crippen molar-refractivity contribution in [2.45, 2.75) is 26.3 Å². The number of thiophene rings is 1. The number of hydrogen-bond acceptors (Lipinski definition) is 4. The van der Waals surface area contributed by atoms with E-state index in [1.54, 1.807) is 16.4 Å². The summed E-state index contributed by atoms with van der Waals surface area (Å²) < 4.78 is 36.3. The second kappa shape index (κ2) is 9.08. The first-order valence-electron chi connectivity index (χ1n) is 10.1. The molecule has 3 aromatic rings. The van der Waals surface area contributed by atoms with Crippen molar-refractivity contribution >= 4 is 49.4 Å². The highest BCUT2D eigenvalue weighted by Gasteiger charge is 2.30. The molecule has 0 N–H and O–H groups in total. The van der Waals surface area contributed by atoms with E-state index in [1.807, 2.05) is 12.1 Å². The summed E-state index contributed by atoms with van der Waals surface area (Å²) in [5, 5.41) is 0. The van der Waals surface area contributed by atoms with Crippen LogP contribution in [0.1, 0.15) is 35.8 Å². The summed E-state index contributed by atoms with van der Waals surface area (Å²) in [7, 11) is 0. The molecule has 1 aliphatic heterocycles. The van der Waals surface area contributed by atoms with E-state index in [-0.39, 0.29) is 24.3 Å². The lowest BCUT2D eigenvalue weighted by Gasteiger charge is -2.31. The molecule has 0 aliphatic carbocycles. The van der Waals surface area contributed by atoms with Gasteiger partial charge in [-0.05, 0) is 53.9 Å². The number of carbonyl (C=O) groups excluding carboxylic acids is 2. The fourth-order valence-corrected chi connectivity index (χ4v) is 5.48. The van der Waals surface area contributed by atoms with Crippen LogP contribution >= 0.6 is 27.3 Å². The van der Waals surface area contributed by atoms with Crippen molar-refractivity contribution in [3.05, 3.63) is 57.0 Å². The van der Waals surface area contributed by atoms with E-state index in [0.29, 0.717) is 43.8 Å². The topological polar surface area (TPSA) is 51.5 Å². The van der Waals surface area contributed by atoms with Crippen LogP contribution in [0.3, 0.4) is 0 Å². The van der Waals surface area contributed by atoms with Gasteiger partial charge in [-0.3, -0.25) is 9.59 Å². The Kier molecular flexibility index (Phi) is 6.43. The molecule has 1 saturated heterocycles. The molecular formula is C22H21BrF2N2O3S. The molecule has 1 fully saturated rings. The van der Waals surface area contributed by atoms with E-state index in [9.17, 15) is 18.4 Å². The minimum Gasteiger partial charge on any atom is -0.466 e. The molecule has 4 rings (SSSR count). The number of carbonyl (C=O) groups is 2. The van der Waals surface area contributed by atoms with Gasteiger partial charge in [-0.25, -0.2) is 8.78 Å². The molecule has 0 unspecified atom stereocenters. The minimum atomic E-state index is -0.648. The number of esters is 1. The summed E-state index contributed by atoms with van der Waals surface area (Å²) >= 11 is 4.95. The molecule has 0 saturated carbocycles. The summed E-state index contributed by atoms with van der Waals surface area (Å²) in [4.78, 5) is 27.0. The molecule has 164 valence electrons. The molecule has 0 spiro atoms. The molecule has 3 heterocycles. The van der Waals surface area contributed by atoms with Gasteiger partial charge in [-0.15, -0.1) is 11.3 Å². The van der Waals surface area contributed by atoms with Gasteiger partial charge in [-0.1, -0.05) is 6.07 Å². The third-order valence-electron chi connectivity index (χ3n) is 5.52. The summed E-state index contributed by atoms with van der Waals surface area (Å²) in [6, 6.07) is 7.17. The summed E-state index contributed by atoms with van der Waals surface area (Å²) in [6.45, 7) is 3.14. The third-order valence-corrected chi connectivity index (χ3v) is 7.10. The molecule has 1 aromatic carbocycles. The van der Waals surface area contributed by atoms with Gasteiger partial charge < -0.3 is 14.2 Å². The molecule has 5 nitrogen and oxygen atoms in total. The first-order chi connectivity index (χ1) is 14.9. The second-order valence-corrected chi connectivity index (χ2v) is 9.93. The number of aromatic nitrogens is 1. The largest absolute Gasteiger partial charge is 0.466 e. The average molecular weight is 511 g/mol. The van der Waals surface area contributed by atoms with E-state index in [2.05, 4.69) is 15.9 Å². The zero-order valence-electron chi connectivity index (χ0n) is 16.9. The monoisotopic (exact) mass is 510 g/mol. The van der Waals surface area contributed by atoms with Crippen LogP contribution in [0.5, 0.6) is 0 Å². The fraction of sp³-hybridized carbons (Fsp3) is 0.364. The number of nitrogens with zero attached hydrogens (tertiary/aromatic N) is 2. The lowest BCUT2D eigenvalue weighted by Crippen LogP contribution is -2.41. The van der Waals surface area contributed by atoms with Gasteiger partial charge in [0.05, 0.1) is 33.1 Å². The molecule has 0 radical (unpaired) electrons. The van der Waals surface area contributed by atoms with Crippen LogP contribution in [0.15, 0.2) is 34.1 Å². The van der Waals surface area contributed by atoms with Gasteiger partial charge >= 0.3 is 5.97 Å². The van der Waals surface area contributed by atoms with E-state index in [0.717, 1.165) is 20.1 Å². The zero-order valence-corrected chi connectivity index (χ0v) is 19.3. The van der Waals surface area contributed by atoms with Gasteiger partial charge in [-0.2, -0.15) is 0 Å². The normalized spacial score (nSPS) is 14.9. The van der Waals surface area contributed by atoms with Crippen LogP contribution in [0, 0.1) is 17.6 Å². The number of likely N-dealkylation sites (tertiary alicyclic amines) is 1. The molecule has 31 heavy (non-hydrogen) atoms. The maximum atomic E-state index is 14.3. The second-order valence-electron chi connectivity index (χ2n) is 7.47. The smallest absolute Gasteiger partial charge is 0.309 e. The van der Waals surface area contributed by atoms with Gasteiger partial charge in [0.25, 0.3) is 5.91 Å². The SMILES string of the molecule is CCOC(=O)C1CCN(C(=O)c2cc3sc(Br)cc3n2Cc2ccc(F)cc2F)CC1. The summed E-state index contributed by atoms with van der Waals surface area (Å²) in [6.07, 6.45) is 1.11. The Morgan fingerprint density at radius 3 is 2.61 bits per heavy atom. The van der Waals surface area contributed by atoms with Crippen molar-refractivity contribution in [1.29, 1.82) is 0 Å². The average Bonchev–Trinajstić information content (AvgIpc) is 3.26. The van der Waals surface area contributed by atoms with Gasteiger partial charge in [0, 0.05) is 24.7 Å². The quantitative estimate of drug-likeness (QED) is 0.443. The van der Waals surface area contributed by atoms with Crippen molar-refractivity contribution in [3.63, 3.8) is 0 Å². The molecule has 1 aliphatic rings. The number of amides is 1. The number of benzene rings is 1. The van der Waals surface area contributed by atoms with Crippen molar-refractivity contribution in [2.75, 3.05) is 19.7 Å². The number of fused-ring (bicyclic) bond motifs is 1. The standard InChI is InChI=1S/C22H21BrF2N2O3S/c1-2-30-22(29)13-5-7-26(8-6-13)21(28)18-10-19-17(11-20(23)31-19)27(18)12-14-3-4-15(24)9-16(14)25/h3-4,9-11,13H,2,5-8,12H2,1H3. The lowest BCUT2D eigenvalue weighted by molar-refractivity contribution is -0.149. The van der Waals surface area contributed by atoms with E-state index in [1.165, 1.54) is 23.5 Å². The number of piperidine rings is 1. The van der Waals surface area contributed by atoms with Crippen LogP contribution in [0.2, 0.25) is 0 Å². The highest BCUT2D eigenvalue weighted by atomic mass is 79.9. The van der Waals surface area contributed by atoms with Gasteiger partial charge in [0.15, 0.2) is 0 Å². The maximum Gasteiger partial charge on any atom is 0.309 e. The van der Waals surface area contributed by atoms with Crippen molar-refractivity contribution < 1.29 is 23.1 Å². The molecule has 0 bridgehead atoms. The van der Waals surface area contributed by atoms with Crippen molar-refractivity contribution in [2.24, 2.45) is 5.92 Å². The highest BCUT2D eigenvalue weighted by molar-refractivity contribution is 9.11. The molecule has 0 atom stereocenters. The van der Waals surface area contributed by atoms with Gasteiger partial charge in [0.1, 0.15) is 17.3 Å². The van der Waals surface area contributed by atoms with Crippen LogP contribution in [0.4, 0.5) is 8.78 Å². The summed E-state index contributed by atoms with van der Waals surface area (Å²) in [5.41, 5.74) is 1.56. The Bertz CT molecular complexity index is 1140. The maximum absolute atomic E-state index is 14.3. The number of rotatable bonds is 5. The van der Waals surface area contributed by atoms with Crippen LogP contribution in [0.25, 0.3) is 10.2 Å². The van der Waals surface area contributed by atoms with Crippen molar-refractivity contribution in [1.82, 2.24) is 9.47 Å². The van der Waals surface area contributed by atoms with E-state index in [4.69, 9.17) is 4.74 Å². The fourth-order valence-electron chi connectivity index (χ4n) is 3.92. The highest BCUT2D eigenvalue weighted by Crippen LogP contribution is 2.34. The first kappa shape index (κ1) is 22.0. The Balaban J connectivity index is 1.60.